The normalized spacial score (nSPS) is 11.5. The van der Waals surface area contributed by atoms with Crippen LogP contribution in [-0.4, -0.2) is 18.6 Å². The average molecular weight is 288 g/mol. The van der Waals surface area contributed by atoms with Crippen LogP contribution in [0.4, 0.5) is 4.39 Å². The van der Waals surface area contributed by atoms with Gasteiger partial charge in [0.1, 0.15) is 10.7 Å². The first-order valence-electron chi connectivity index (χ1n) is 4.70. The highest BCUT2D eigenvalue weighted by Crippen LogP contribution is 2.22. The van der Waals surface area contributed by atoms with Crippen molar-refractivity contribution in [2.75, 3.05) is 0 Å². The molecule has 0 aliphatic rings. The van der Waals surface area contributed by atoms with Gasteiger partial charge in [0, 0.05) is 5.56 Å². The molecule has 1 heterocycles. The molecule has 0 unspecified atom stereocenters. The number of aromatic nitrogens is 2. The fourth-order valence-electron chi connectivity index (χ4n) is 1.36. The Kier molecular flexibility index (Phi) is 3.29. The summed E-state index contributed by atoms with van der Waals surface area (Å²) in [6.07, 6.45) is 0. The Hall–Kier alpha value is -1.57. The van der Waals surface area contributed by atoms with Crippen molar-refractivity contribution in [3.05, 3.63) is 41.3 Å². The van der Waals surface area contributed by atoms with Crippen molar-refractivity contribution in [3.63, 3.8) is 0 Å². The van der Waals surface area contributed by atoms with Crippen molar-refractivity contribution < 1.29 is 12.8 Å². The maximum Gasteiger partial charge on any atom is 0.240 e. The van der Waals surface area contributed by atoms with E-state index in [0.717, 1.165) is 12.1 Å². The zero-order valence-corrected chi connectivity index (χ0v) is 10.4. The lowest BCUT2D eigenvalue weighted by Gasteiger charge is -2.03. The van der Waals surface area contributed by atoms with Crippen molar-refractivity contribution in [1.82, 2.24) is 10.2 Å². The summed E-state index contributed by atoms with van der Waals surface area (Å²) < 4.78 is 35.7. The van der Waals surface area contributed by atoms with E-state index in [1.807, 2.05) is 0 Å². The predicted octanol–water partition coefficient (Wildman–Crippen LogP) is 1.58. The lowest BCUT2D eigenvalue weighted by Crippen LogP contribution is -2.14. The quantitative estimate of drug-likeness (QED) is 0.908. The molecule has 0 spiro atoms. The number of primary sulfonamides is 1. The highest BCUT2D eigenvalue weighted by molar-refractivity contribution is 7.89. The Labute approximate surface area is 107 Å². The minimum atomic E-state index is -4.07. The molecule has 0 atom stereocenters. The third-order valence-corrected chi connectivity index (χ3v) is 3.31. The molecule has 0 amide bonds. The standard InChI is InChI=1S/C10H7ClFN3O2S/c11-10-4-2-8(14-15-10)6-1-3-9(7(12)5-6)18(13,16)17/h1-5H,(H2,13,16,17). The summed E-state index contributed by atoms with van der Waals surface area (Å²) >= 11 is 5.57. The molecule has 0 aliphatic heterocycles. The number of nitrogens with zero attached hydrogens (tertiary/aromatic N) is 2. The van der Waals surface area contributed by atoms with E-state index in [2.05, 4.69) is 10.2 Å². The van der Waals surface area contributed by atoms with Crippen molar-refractivity contribution >= 4 is 21.6 Å². The van der Waals surface area contributed by atoms with Gasteiger partial charge < -0.3 is 0 Å². The van der Waals surface area contributed by atoms with Crippen molar-refractivity contribution in [2.45, 2.75) is 4.90 Å². The lowest BCUT2D eigenvalue weighted by molar-refractivity contribution is 0.568. The van der Waals surface area contributed by atoms with E-state index in [9.17, 15) is 12.8 Å². The fourth-order valence-corrected chi connectivity index (χ4v) is 2.05. The SMILES string of the molecule is NS(=O)(=O)c1ccc(-c2ccc(Cl)nn2)cc1F. The molecule has 18 heavy (non-hydrogen) atoms. The van der Waals surface area contributed by atoms with E-state index in [4.69, 9.17) is 16.7 Å². The van der Waals surface area contributed by atoms with Crippen LogP contribution in [0, 0.1) is 5.82 Å². The summed E-state index contributed by atoms with van der Waals surface area (Å²) in [6, 6.07) is 6.53. The van der Waals surface area contributed by atoms with E-state index in [1.54, 1.807) is 6.07 Å². The van der Waals surface area contributed by atoms with Crippen LogP contribution in [0.15, 0.2) is 35.2 Å². The summed E-state index contributed by atoms with van der Waals surface area (Å²) in [7, 11) is -4.07. The third-order valence-electron chi connectivity index (χ3n) is 2.17. The van der Waals surface area contributed by atoms with Gasteiger partial charge in [-0.25, -0.2) is 17.9 Å². The van der Waals surface area contributed by atoms with Gasteiger partial charge >= 0.3 is 0 Å². The Balaban J connectivity index is 2.50. The zero-order valence-electron chi connectivity index (χ0n) is 8.84. The van der Waals surface area contributed by atoms with E-state index >= 15 is 0 Å². The van der Waals surface area contributed by atoms with Crippen molar-refractivity contribution in [2.24, 2.45) is 5.14 Å². The van der Waals surface area contributed by atoms with Gasteiger partial charge in [-0.3, -0.25) is 0 Å². The third kappa shape index (κ3) is 2.63. The largest absolute Gasteiger partial charge is 0.240 e. The van der Waals surface area contributed by atoms with Crippen molar-refractivity contribution in [1.29, 1.82) is 0 Å². The molecular weight excluding hydrogens is 281 g/mol. The number of hydrogen-bond acceptors (Lipinski definition) is 4. The van der Waals surface area contributed by atoms with Gasteiger partial charge in [-0.15, -0.1) is 10.2 Å². The van der Waals surface area contributed by atoms with Crippen LogP contribution in [0.25, 0.3) is 11.3 Å². The molecule has 94 valence electrons. The highest BCUT2D eigenvalue weighted by atomic mass is 35.5. The Morgan fingerprint density at radius 2 is 1.89 bits per heavy atom. The minimum Gasteiger partial charge on any atom is -0.225 e. The molecule has 2 N–H and O–H groups in total. The monoisotopic (exact) mass is 287 g/mol. The molecule has 1 aromatic heterocycles. The van der Waals surface area contributed by atoms with Crippen LogP contribution < -0.4 is 5.14 Å². The van der Waals surface area contributed by atoms with Gasteiger partial charge in [-0.2, -0.15) is 0 Å². The topological polar surface area (TPSA) is 85.9 Å². The summed E-state index contributed by atoms with van der Waals surface area (Å²) in [4.78, 5) is -0.562. The Bertz CT molecular complexity index is 689. The Morgan fingerprint density at radius 1 is 1.17 bits per heavy atom. The highest BCUT2D eigenvalue weighted by Gasteiger charge is 2.15. The van der Waals surface area contributed by atoms with Gasteiger partial charge in [0.2, 0.25) is 10.0 Å². The molecule has 0 saturated carbocycles. The molecule has 0 fully saturated rings. The van der Waals surface area contributed by atoms with Gasteiger partial charge in [-0.05, 0) is 24.3 Å². The summed E-state index contributed by atoms with van der Waals surface area (Å²) in [5.74, 6) is -0.938. The number of hydrogen-bond donors (Lipinski definition) is 1. The predicted molar refractivity (Wildman–Crippen MR) is 63.8 cm³/mol. The molecule has 0 radical (unpaired) electrons. The second kappa shape index (κ2) is 4.60. The number of nitrogens with two attached hydrogens (primary N) is 1. The molecule has 0 aliphatic carbocycles. The van der Waals surface area contributed by atoms with E-state index in [0.29, 0.717) is 11.3 Å². The lowest BCUT2D eigenvalue weighted by atomic mass is 10.1. The van der Waals surface area contributed by atoms with Crippen LogP contribution in [0.2, 0.25) is 5.15 Å². The van der Waals surface area contributed by atoms with Crippen LogP contribution in [0.3, 0.4) is 0 Å². The average Bonchev–Trinajstić information content (AvgIpc) is 2.28. The number of sulfonamides is 1. The van der Waals surface area contributed by atoms with Gasteiger partial charge in [0.05, 0.1) is 5.69 Å². The second-order valence-electron chi connectivity index (χ2n) is 3.43. The van der Waals surface area contributed by atoms with E-state index in [1.165, 1.54) is 12.1 Å². The van der Waals surface area contributed by atoms with Crippen LogP contribution in [-0.2, 0) is 10.0 Å². The summed E-state index contributed by atoms with van der Waals surface area (Å²) in [5.41, 5.74) is 0.753. The molecule has 2 rings (SSSR count). The molecule has 1 aromatic carbocycles. The minimum absolute atomic E-state index is 0.209. The Morgan fingerprint density at radius 3 is 2.39 bits per heavy atom. The molecule has 0 saturated heterocycles. The maximum absolute atomic E-state index is 13.6. The summed E-state index contributed by atoms with van der Waals surface area (Å²) in [5, 5.41) is 12.4. The second-order valence-corrected chi connectivity index (χ2v) is 5.35. The first kappa shape index (κ1) is 12.9. The zero-order chi connectivity index (χ0) is 13.3. The van der Waals surface area contributed by atoms with Crippen LogP contribution in [0.5, 0.6) is 0 Å². The molecule has 2 aromatic rings. The molecule has 5 nitrogen and oxygen atoms in total. The molecular formula is C10H7ClFN3O2S. The number of halogens is 2. The number of rotatable bonds is 2. The van der Waals surface area contributed by atoms with Gasteiger partial charge in [-0.1, -0.05) is 17.7 Å². The van der Waals surface area contributed by atoms with E-state index in [-0.39, 0.29) is 5.15 Å². The van der Waals surface area contributed by atoms with Gasteiger partial charge in [0.15, 0.2) is 5.15 Å². The van der Waals surface area contributed by atoms with Crippen molar-refractivity contribution in [3.8, 4) is 11.3 Å². The van der Waals surface area contributed by atoms with E-state index < -0.39 is 20.7 Å². The first-order valence-corrected chi connectivity index (χ1v) is 6.62. The molecule has 0 bridgehead atoms. The maximum atomic E-state index is 13.6. The fraction of sp³-hybridized carbons (Fsp3) is 0. The van der Waals surface area contributed by atoms with Crippen LogP contribution >= 0.6 is 11.6 Å². The molecule has 8 heteroatoms. The van der Waals surface area contributed by atoms with Crippen LogP contribution in [0.1, 0.15) is 0 Å². The summed E-state index contributed by atoms with van der Waals surface area (Å²) in [6.45, 7) is 0. The smallest absolute Gasteiger partial charge is 0.225 e. The van der Waals surface area contributed by atoms with Gasteiger partial charge in [0.25, 0.3) is 0 Å². The number of benzene rings is 1. The first-order chi connectivity index (χ1) is 8.38.